The van der Waals surface area contributed by atoms with Crippen LogP contribution >= 0.6 is 0 Å². The molecule has 0 amide bonds. The third-order valence-corrected chi connectivity index (χ3v) is 3.14. The lowest BCUT2D eigenvalue weighted by atomic mass is 10.0. The van der Waals surface area contributed by atoms with Gasteiger partial charge in [-0.2, -0.15) is 0 Å². The zero-order valence-electron chi connectivity index (χ0n) is 12.0. The fraction of sp³-hybridized carbons (Fsp3) is 0. The lowest BCUT2D eigenvalue weighted by molar-refractivity contribution is 0.0728. The number of aromatic nitrogens is 2. The van der Waals surface area contributed by atoms with E-state index in [2.05, 4.69) is 9.97 Å². The number of benzene rings is 2. The molecule has 0 aliphatic carbocycles. The van der Waals surface area contributed by atoms with Crippen molar-refractivity contribution in [3.63, 3.8) is 0 Å². The van der Waals surface area contributed by atoms with Crippen LogP contribution in [0.25, 0.3) is 0 Å². The maximum Gasteiger partial charge on any atom is 0.363 e. The molecule has 0 saturated carbocycles. The van der Waals surface area contributed by atoms with Gasteiger partial charge in [0, 0.05) is 23.5 Å². The number of carbonyl (C=O) groups is 2. The van der Waals surface area contributed by atoms with Gasteiger partial charge in [-0.15, -0.1) is 0 Å². The summed E-state index contributed by atoms with van der Waals surface area (Å²) in [7, 11) is 0. The van der Waals surface area contributed by atoms with Gasteiger partial charge in [0.15, 0.2) is 11.5 Å². The molecule has 0 spiro atoms. The van der Waals surface area contributed by atoms with E-state index in [4.69, 9.17) is 4.74 Å². The van der Waals surface area contributed by atoms with Crippen LogP contribution < -0.4 is 4.74 Å². The zero-order chi connectivity index (χ0) is 16.1. The van der Waals surface area contributed by atoms with Crippen molar-refractivity contribution in [2.24, 2.45) is 0 Å². The fourth-order valence-corrected chi connectivity index (χ4v) is 1.99. The van der Waals surface area contributed by atoms with Crippen LogP contribution in [0, 0.1) is 0 Å². The SMILES string of the molecule is O=C(c1ccccc1)c1ccc(OC(=O)c2cnccn2)cc1. The summed E-state index contributed by atoms with van der Waals surface area (Å²) >= 11 is 0. The molecule has 0 bridgehead atoms. The first-order valence-electron chi connectivity index (χ1n) is 6.92. The minimum absolute atomic E-state index is 0.0857. The number of ketones is 1. The smallest absolute Gasteiger partial charge is 0.363 e. The summed E-state index contributed by atoms with van der Waals surface area (Å²) < 4.78 is 5.19. The summed E-state index contributed by atoms with van der Waals surface area (Å²) in [5, 5.41) is 0. The second-order valence-corrected chi connectivity index (χ2v) is 4.70. The Morgan fingerprint density at radius 3 is 2.17 bits per heavy atom. The Hall–Kier alpha value is -3.34. The van der Waals surface area contributed by atoms with E-state index in [1.807, 2.05) is 18.2 Å². The van der Waals surface area contributed by atoms with Crippen molar-refractivity contribution in [3.05, 3.63) is 90.0 Å². The lowest BCUT2D eigenvalue weighted by Gasteiger charge is -2.05. The first-order valence-corrected chi connectivity index (χ1v) is 6.92. The highest BCUT2D eigenvalue weighted by Gasteiger charge is 2.12. The Bertz CT molecular complexity index is 816. The van der Waals surface area contributed by atoms with Gasteiger partial charge in [0.05, 0.1) is 6.20 Å². The van der Waals surface area contributed by atoms with Crippen molar-refractivity contribution in [1.82, 2.24) is 9.97 Å². The minimum atomic E-state index is -0.597. The molecule has 0 atom stereocenters. The Kier molecular flexibility index (Phi) is 4.20. The van der Waals surface area contributed by atoms with Crippen molar-refractivity contribution >= 4 is 11.8 Å². The van der Waals surface area contributed by atoms with Gasteiger partial charge < -0.3 is 4.74 Å². The Labute approximate surface area is 132 Å². The molecule has 23 heavy (non-hydrogen) atoms. The Morgan fingerprint density at radius 2 is 1.52 bits per heavy atom. The van der Waals surface area contributed by atoms with Gasteiger partial charge in [0.1, 0.15) is 5.75 Å². The van der Waals surface area contributed by atoms with Crippen LogP contribution in [0.1, 0.15) is 26.4 Å². The van der Waals surface area contributed by atoms with Gasteiger partial charge >= 0.3 is 5.97 Å². The average Bonchev–Trinajstić information content (AvgIpc) is 2.63. The van der Waals surface area contributed by atoms with Crippen LogP contribution in [-0.4, -0.2) is 21.7 Å². The number of carbonyl (C=O) groups excluding carboxylic acids is 2. The molecule has 0 unspecified atom stereocenters. The molecule has 1 aromatic heterocycles. The highest BCUT2D eigenvalue weighted by atomic mass is 16.5. The molecule has 3 aromatic rings. The van der Waals surface area contributed by atoms with Crippen molar-refractivity contribution in [2.75, 3.05) is 0 Å². The second kappa shape index (κ2) is 6.62. The molecule has 3 rings (SSSR count). The third kappa shape index (κ3) is 3.47. The Morgan fingerprint density at radius 1 is 0.826 bits per heavy atom. The summed E-state index contributed by atoms with van der Waals surface area (Å²) in [4.78, 5) is 31.8. The molecule has 0 fully saturated rings. The summed E-state index contributed by atoms with van der Waals surface area (Å²) in [6.07, 6.45) is 4.22. The van der Waals surface area contributed by atoms with E-state index in [0.717, 1.165) is 0 Å². The first kappa shape index (κ1) is 14.6. The third-order valence-electron chi connectivity index (χ3n) is 3.14. The van der Waals surface area contributed by atoms with Crippen LogP contribution in [0.3, 0.4) is 0 Å². The van der Waals surface area contributed by atoms with E-state index in [9.17, 15) is 9.59 Å². The fourth-order valence-electron chi connectivity index (χ4n) is 1.99. The molecule has 0 N–H and O–H groups in total. The van der Waals surface area contributed by atoms with Crippen LogP contribution in [0.5, 0.6) is 5.75 Å². The average molecular weight is 304 g/mol. The number of rotatable bonds is 4. The lowest BCUT2D eigenvalue weighted by Crippen LogP contribution is -2.10. The number of ether oxygens (including phenoxy) is 1. The molecule has 5 heteroatoms. The molecular weight excluding hydrogens is 292 g/mol. The molecule has 2 aromatic carbocycles. The summed E-state index contributed by atoms with van der Waals surface area (Å²) in [6.45, 7) is 0. The minimum Gasteiger partial charge on any atom is -0.422 e. The summed E-state index contributed by atoms with van der Waals surface area (Å²) in [6, 6.07) is 15.4. The predicted molar refractivity (Wildman–Crippen MR) is 83.3 cm³/mol. The Balaban J connectivity index is 1.73. The van der Waals surface area contributed by atoms with Crippen LogP contribution in [-0.2, 0) is 0 Å². The molecule has 0 radical (unpaired) electrons. The number of hydrogen-bond donors (Lipinski definition) is 0. The standard InChI is InChI=1S/C18H12N2O3/c21-17(13-4-2-1-3-5-13)14-6-8-15(9-7-14)23-18(22)16-12-19-10-11-20-16/h1-12H. The molecule has 112 valence electrons. The van der Waals surface area contributed by atoms with Crippen LogP contribution in [0.15, 0.2) is 73.2 Å². The van der Waals surface area contributed by atoms with Crippen molar-refractivity contribution < 1.29 is 14.3 Å². The zero-order valence-corrected chi connectivity index (χ0v) is 12.0. The molecule has 0 saturated heterocycles. The normalized spacial score (nSPS) is 10.1. The van der Waals surface area contributed by atoms with Crippen molar-refractivity contribution in [1.29, 1.82) is 0 Å². The molecule has 0 aliphatic rings. The van der Waals surface area contributed by atoms with Gasteiger partial charge in [0.25, 0.3) is 0 Å². The molecule has 1 heterocycles. The molecular formula is C18H12N2O3. The maximum atomic E-state index is 12.3. The number of esters is 1. The molecule has 5 nitrogen and oxygen atoms in total. The quantitative estimate of drug-likeness (QED) is 0.421. The van der Waals surface area contributed by atoms with Gasteiger partial charge in [-0.25, -0.2) is 9.78 Å². The highest BCUT2D eigenvalue weighted by Crippen LogP contribution is 2.16. The van der Waals surface area contributed by atoms with Crippen LogP contribution in [0.2, 0.25) is 0 Å². The predicted octanol–water partition coefficient (Wildman–Crippen LogP) is 2.93. The van der Waals surface area contributed by atoms with E-state index >= 15 is 0 Å². The van der Waals surface area contributed by atoms with E-state index in [-0.39, 0.29) is 11.5 Å². The monoisotopic (exact) mass is 304 g/mol. The van der Waals surface area contributed by atoms with Gasteiger partial charge in [0.2, 0.25) is 0 Å². The summed E-state index contributed by atoms with van der Waals surface area (Å²) in [5.41, 5.74) is 1.25. The van der Waals surface area contributed by atoms with Crippen molar-refractivity contribution in [3.8, 4) is 5.75 Å². The first-order chi connectivity index (χ1) is 11.2. The van der Waals surface area contributed by atoms with Crippen molar-refractivity contribution in [2.45, 2.75) is 0 Å². The highest BCUT2D eigenvalue weighted by molar-refractivity contribution is 6.09. The number of hydrogen-bond acceptors (Lipinski definition) is 5. The van der Waals surface area contributed by atoms with E-state index in [0.29, 0.717) is 16.9 Å². The van der Waals surface area contributed by atoms with E-state index in [1.54, 1.807) is 36.4 Å². The summed E-state index contributed by atoms with van der Waals surface area (Å²) in [5.74, 6) is -0.345. The molecule has 0 aliphatic heterocycles. The van der Waals surface area contributed by atoms with Crippen LogP contribution in [0.4, 0.5) is 0 Å². The topological polar surface area (TPSA) is 69.2 Å². The largest absolute Gasteiger partial charge is 0.422 e. The second-order valence-electron chi connectivity index (χ2n) is 4.70. The number of nitrogens with zero attached hydrogens (tertiary/aromatic N) is 2. The van der Waals surface area contributed by atoms with Gasteiger partial charge in [-0.1, -0.05) is 30.3 Å². The maximum absolute atomic E-state index is 12.3. The van der Waals surface area contributed by atoms with E-state index in [1.165, 1.54) is 18.6 Å². The van der Waals surface area contributed by atoms with E-state index < -0.39 is 5.97 Å². The van der Waals surface area contributed by atoms with Gasteiger partial charge in [-0.3, -0.25) is 9.78 Å². The van der Waals surface area contributed by atoms with Gasteiger partial charge in [-0.05, 0) is 24.3 Å².